The molecule has 1 amide bonds. The van der Waals surface area contributed by atoms with E-state index in [0.29, 0.717) is 11.4 Å². The third-order valence-corrected chi connectivity index (χ3v) is 3.15. The van der Waals surface area contributed by atoms with E-state index in [9.17, 15) is 4.79 Å². The van der Waals surface area contributed by atoms with E-state index in [2.05, 4.69) is 5.32 Å². The predicted molar refractivity (Wildman–Crippen MR) is 69.2 cm³/mol. The largest absolute Gasteiger partial charge is 0.325 e. The average Bonchev–Trinajstić information content (AvgIpc) is 2.45. The van der Waals surface area contributed by atoms with Gasteiger partial charge < -0.3 is 5.32 Å². The van der Waals surface area contributed by atoms with Gasteiger partial charge in [0.05, 0.1) is 6.42 Å². The van der Waals surface area contributed by atoms with Crippen LogP contribution in [-0.2, 0) is 11.2 Å². The Balaban J connectivity index is 2.31. The van der Waals surface area contributed by atoms with Crippen molar-refractivity contribution in [2.75, 3.05) is 5.32 Å². The highest BCUT2D eigenvalue weighted by Crippen LogP contribution is 2.35. The summed E-state index contributed by atoms with van der Waals surface area (Å²) in [5.74, 6) is 0.0125. The van der Waals surface area contributed by atoms with Gasteiger partial charge in [0, 0.05) is 16.3 Å². The second-order valence-electron chi connectivity index (χ2n) is 4.07. The van der Waals surface area contributed by atoms with Crippen LogP contribution in [0, 0.1) is 0 Å². The van der Waals surface area contributed by atoms with Gasteiger partial charge in [0.25, 0.3) is 0 Å². The Kier molecular flexibility index (Phi) is 2.37. The SMILES string of the molecule is O=C1Cc2ccccc2-c2cc(Cl)ccc2N1. The molecule has 0 atom stereocenters. The van der Waals surface area contributed by atoms with Gasteiger partial charge in [0.2, 0.25) is 5.91 Å². The van der Waals surface area contributed by atoms with Crippen molar-refractivity contribution in [3.8, 4) is 11.1 Å². The van der Waals surface area contributed by atoms with Crippen LogP contribution in [0.3, 0.4) is 0 Å². The Labute approximate surface area is 104 Å². The van der Waals surface area contributed by atoms with E-state index in [-0.39, 0.29) is 5.91 Å². The Morgan fingerprint density at radius 3 is 2.76 bits per heavy atom. The zero-order valence-corrected chi connectivity index (χ0v) is 9.79. The predicted octanol–water partition coefficient (Wildman–Crippen LogP) is 3.50. The van der Waals surface area contributed by atoms with Gasteiger partial charge in [-0.15, -0.1) is 0 Å². The van der Waals surface area contributed by atoms with Crippen molar-refractivity contribution in [3.63, 3.8) is 0 Å². The lowest BCUT2D eigenvalue weighted by molar-refractivity contribution is -0.115. The van der Waals surface area contributed by atoms with Gasteiger partial charge in [-0.25, -0.2) is 0 Å². The Bertz CT molecular complexity index is 607. The lowest BCUT2D eigenvalue weighted by Crippen LogP contribution is -2.12. The molecule has 2 nitrogen and oxygen atoms in total. The van der Waals surface area contributed by atoms with E-state index in [1.165, 1.54) is 0 Å². The molecule has 0 spiro atoms. The summed E-state index contributed by atoms with van der Waals surface area (Å²) < 4.78 is 0. The Morgan fingerprint density at radius 1 is 1.06 bits per heavy atom. The van der Waals surface area contributed by atoms with Crippen LogP contribution in [0.15, 0.2) is 42.5 Å². The van der Waals surface area contributed by atoms with Crippen molar-refractivity contribution in [2.24, 2.45) is 0 Å². The molecule has 2 aromatic rings. The van der Waals surface area contributed by atoms with Crippen molar-refractivity contribution < 1.29 is 4.79 Å². The molecule has 0 saturated heterocycles. The number of rotatable bonds is 0. The molecular formula is C14H10ClNO. The van der Waals surface area contributed by atoms with Gasteiger partial charge in [-0.3, -0.25) is 4.79 Å². The lowest BCUT2D eigenvalue weighted by Gasteiger charge is -2.08. The van der Waals surface area contributed by atoms with Gasteiger partial charge in [0.15, 0.2) is 0 Å². The molecular weight excluding hydrogens is 234 g/mol. The van der Waals surface area contributed by atoms with Crippen molar-refractivity contribution in [1.29, 1.82) is 0 Å². The summed E-state index contributed by atoms with van der Waals surface area (Å²) in [5.41, 5.74) is 3.91. The van der Waals surface area contributed by atoms with E-state index in [1.807, 2.05) is 36.4 Å². The minimum absolute atomic E-state index is 0.0125. The van der Waals surface area contributed by atoms with Crippen LogP contribution in [0.4, 0.5) is 5.69 Å². The van der Waals surface area contributed by atoms with E-state index in [4.69, 9.17) is 11.6 Å². The molecule has 2 aromatic carbocycles. The number of nitrogens with one attached hydrogen (secondary N) is 1. The molecule has 0 unspecified atom stereocenters. The second-order valence-corrected chi connectivity index (χ2v) is 4.51. The number of anilines is 1. The van der Waals surface area contributed by atoms with Crippen LogP contribution in [0.25, 0.3) is 11.1 Å². The highest BCUT2D eigenvalue weighted by atomic mass is 35.5. The summed E-state index contributed by atoms with van der Waals surface area (Å²) in [5, 5.41) is 3.57. The van der Waals surface area contributed by atoms with E-state index in [1.54, 1.807) is 6.07 Å². The maximum absolute atomic E-state index is 11.7. The first kappa shape index (κ1) is 10.4. The van der Waals surface area contributed by atoms with E-state index >= 15 is 0 Å². The summed E-state index contributed by atoms with van der Waals surface area (Å²) in [6.45, 7) is 0. The average molecular weight is 244 g/mol. The van der Waals surface area contributed by atoms with E-state index in [0.717, 1.165) is 22.4 Å². The van der Waals surface area contributed by atoms with Gasteiger partial charge in [-0.1, -0.05) is 35.9 Å². The molecule has 0 aromatic heterocycles. The molecule has 0 saturated carbocycles. The summed E-state index contributed by atoms with van der Waals surface area (Å²) in [6.07, 6.45) is 0.405. The highest BCUT2D eigenvalue weighted by molar-refractivity contribution is 6.31. The van der Waals surface area contributed by atoms with Gasteiger partial charge in [-0.05, 0) is 29.3 Å². The number of hydrogen-bond acceptors (Lipinski definition) is 1. The molecule has 1 heterocycles. The summed E-state index contributed by atoms with van der Waals surface area (Å²) in [4.78, 5) is 11.7. The smallest absolute Gasteiger partial charge is 0.228 e. The summed E-state index contributed by atoms with van der Waals surface area (Å²) in [7, 11) is 0. The maximum atomic E-state index is 11.7. The number of benzene rings is 2. The number of amides is 1. The Hall–Kier alpha value is -1.80. The monoisotopic (exact) mass is 243 g/mol. The van der Waals surface area contributed by atoms with Gasteiger partial charge in [-0.2, -0.15) is 0 Å². The fourth-order valence-electron chi connectivity index (χ4n) is 2.15. The van der Waals surface area contributed by atoms with E-state index < -0.39 is 0 Å². The number of fused-ring (bicyclic) bond motifs is 3. The second kappa shape index (κ2) is 3.90. The van der Waals surface area contributed by atoms with Crippen LogP contribution in [0.5, 0.6) is 0 Å². The van der Waals surface area contributed by atoms with Crippen molar-refractivity contribution in [3.05, 3.63) is 53.1 Å². The highest BCUT2D eigenvalue weighted by Gasteiger charge is 2.17. The maximum Gasteiger partial charge on any atom is 0.228 e. The number of hydrogen-bond donors (Lipinski definition) is 1. The normalized spacial score (nSPS) is 13.4. The molecule has 3 rings (SSSR count). The Morgan fingerprint density at radius 2 is 1.88 bits per heavy atom. The first-order valence-corrected chi connectivity index (χ1v) is 5.79. The minimum Gasteiger partial charge on any atom is -0.325 e. The molecule has 1 aliphatic heterocycles. The topological polar surface area (TPSA) is 29.1 Å². The number of carbonyl (C=O) groups excluding carboxylic acids is 1. The van der Waals surface area contributed by atoms with Crippen LogP contribution in [0.1, 0.15) is 5.56 Å². The summed E-state index contributed by atoms with van der Waals surface area (Å²) >= 11 is 6.02. The van der Waals surface area contributed by atoms with Crippen LogP contribution < -0.4 is 5.32 Å². The molecule has 0 aliphatic carbocycles. The van der Waals surface area contributed by atoms with Crippen LogP contribution in [-0.4, -0.2) is 5.91 Å². The molecule has 1 aliphatic rings. The molecule has 0 bridgehead atoms. The van der Waals surface area contributed by atoms with Crippen LogP contribution >= 0.6 is 11.6 Å². The number of halogens is 1. The molecule has 1 N–H and O–H groups in total. The molecule has 0 fully saturated rings. The lowest BCUT2D eigenvalue weighted by atomic mass is 9.98. The number of carbonyl (C=O) groups is 1. The van der Waals surface area contributed by atoms with Crippen molar-refractivity contribution >= 4 is 23.2 Å². The van der Waals surface area contributed by atoms with Crippen LogP contribution in [0.2, 0.25) is 5.02 Å². The molecule has 0 radical (unpaired) electrons. The zero-order chi connectivity index (χ0) is 11.8. The van der Waals surface area contributed by atoms with Gasteiger partial charge >= 0.3 is 0 Å². The first-order valence-electron chi connectivity index (χ1n) is 5.42. The van der Waals surface area contributed by atoms with Crippen molar-refractivity contribution in [1.82, 2.24) is 0 Å². The minimum atomic E-state index is 0.0125. The third kappa shape index (κ3) is 1.81. The molecule has 17 heavy (non-hydrogen) atoms. The summed E-state index contributed by atoms with van der Waals surface area (Å²) in [6, 6.07) is 13.4. The zero-order valence-electron chi connectivity index (χ0n) is 9.03. The van der Waals surface area contributed by atoms with Gasteiger partial charge in [0.1, 0.15) is 0 Å². The first-order chi connectivity index (χ1) is 8.24. The molecule has 3 heteroatoms. The quantitative estimate of drug-likeness (QED) is 0.754. The van der Waals surface area contributed by atoms with Crippen molar-refractivity contribution in [2.45, 2.75) is 6.42 Å². The standard InChI is InChI=1S/C14H10ClNO/c15-10-5-6-13-12(8-10)11-4-2-1-3-9(11)7-14(17)16-13/h1-6,8H,7H2,(H,16,17). The molecule has 84 valence electrons. The fourth-order valence-corrected chi connectivity index (χ4v) is 2.33. The fraction of sp³-hybridized carbons (Fsp3) is 0.0714. The third-order valence-electron chi connectivity index (χ3n) is 2.91.